The van der Waals surface area contributed by atoms with Gasteiger partial charge in [0, 0.05) is 38.6 Å². The number of ether oxygens (including phenoxy) is 3. The van der Waals surface area contributed by atoms with E-state index >= 15 is 0 Å². The Morgan fingerprint density at radius 1 is 1.03 bits per heavy atom. The van der Waals surface area contributed by atoms with Gasteiger partial charge in [-0.3, -0.25) is 4.79 Å². The highest BCUT2D eigenvalue weighted by molar-refractivity contribution is 5.81. The van der Waals surface area contributed by atoms with Crippen molar-refractivity contribution in [2.75, 3.05) is 51.4 Å². The zero-order valence-corrected chi connectivity index (χ0v) is 16.5. The molecule has 0 atom stereocenters. The van der Waals surface area contributed by atoms with E-state index in [1.807, 2.05) is 24.0 Å². The second kappa shape index (κ2) is 9.72. The molecule has 29 heavy (non-hydrogen) atoms. The van der Waals surface area contributed by atoms with Gasteiger partial charge in [-0.1, -0.05) is 6.07 Å². The van der Waals surface area contributed by atoms with Crippen molar-refractivity contribution in [2.24, 2.45) is 0 Å². The fourth-order valence-electron chi connectivity index (χ4n) is 2.92. The second-order valence-electron chi connectivity index (χ2n) is 6.52. The summed E-state index contributed by atoms with van der Waals surface area (Å²) in [6.45, 7) is 3.61. The Morgan fingerprint density at radius 3 is 2.45 bits per heavy atom. The van der Waals surface area contributed by atoms with Crippen molar-refractivity contribution >= 4 is 17.8 Å². The lowest BCUT2D eigenvalue weighted by Crippen LogP contribution is -2.50. The lowest BCUT2D eigenvalue weighted by atomic mass is 10.2. The standard InChI is InChI=1S/C20H24N4O5/c1-15-4-5-16(17(12-15)27-2)28-14-19(26)29-13-18(25)23-8-10-24(11-9-23)20-21-6-3-7-22-20/h3-7,12H,8-11,13-14H2,1-2H3. The summed E-state index contributed by atoms with van der Waals surface area (Å²) >= 11 is 0. The number of carbonyl (C=O) groups is 2. The molecule has 0 unspecified atom stereocenters. The van der Waals surface area contributed by atoms with Crippen molar-refractivity contribution in [2.45, 2.75) is 6.92 Å². The Bertz CT molecular complexity index is 838. The molecule has 1 fully saturated rings. The summed E-state index contributed by atoms with van der Waals surface area (Å²) in [5, 5.41) is 0. The predicted molar refractivity (Wildman–Crippen MR) is 105 cm³/mol. The average molecular weight is 400 g/mol. The van der Waals surface area contributed by atoms with Crippen LogP contribution in [-0.2, 0) is 14.3 Å². The van der Waals surface area contributed by atoms with E-state index in [1.165, 1.54) is 7.11 Å². The van der Waals surface area contributed by atoms with E-state index in [0.717, 1.165) is 5.56 Å². The number of methoxy groups -OCH3 is 1. The van der Waals surface area contributed by atoms with Crippen LogP contribution in [0.2, 0.25) is 0 Å². The fourth-order valence-corrected chi connectivity index (χ4v) is 2.92. The molecule has 0 saturated carbocycles. The molecule has 0 radical (unpaired) electrons. The third-order valence-corrected chi connectivity index (χ3v) is 4.49. The molecule has 154 valence electrons. The summed E-state index contributed by atoms with van der Waals surface area (Å²) in [6.07, 6.45) is 3.38. The van der Waals surface area contributed by atoms with E-state index in [-0.39, 0.29) is 19.1 Å². The maximum atomic E-state index is 12.3. The molecule has 2 aromatic rings. The number of aromatic nitrogens is 2. The van der Waals surface area contributed by atoms with Crippen molar-refractivity contribution in [1.29, 1.82) is 0 Å². The number of aryl methyl sites for hydroxylation is 1. The van der Waals surface area contributed by atoms with Crippen molar-refractivity contribution < 1.29 is 23.8 Å². The first-order chi connectivity index (χ1) is 14.1. The Balaban J connectivity index is 1.40. The maximum Gasteiger partial charge on any atom is 0.344 e. The molecule has 0 N–H and O–H groups in total. The lowest BCUT2D eigenvalue weighted by molar-refractivity contribution is -0.153. The van der Waals surface area contributed by atoms with Gasteiger partial charge in [-0.2, -0.15) is 0 Å². The molecule has 1 amide bonds. The SMILES string of the molecule is COc1cc(C)ccc1OCC(=O)OCC(=O)N1CCN(c2ncccn2)CC1. The van der Waals surface area contributed by atoms with Gasteiger partial charge in [0.05, 0.1) is 7.11 Å². The highest BCUT2D eigenvalue weighted by Gasteiger charge is 2.23. The van der Waals surface area contributed by atoms with Crippen molar-refractivity contribution in [1.82, 2.24) is 14.9 Å². The first-order valence-corrected chi connectivity index (χ1v) is 9.29. The average Bonchev–Trinajstić information content (AvgIpc) is 2.77. The summed E-state index contributed by atoms with van der Waals surface area (Å²) in [6, 6.07) is 7.15. The number of anilines is 1. The van der Waals surface area contributed by atoms with Crippen LogP contribution in [0.25, 0.3) is 0 Å². The van der Waals surface area contributed by atoms with E-state index in [9.17, 15) is 9.59 Å². The van der Waals surface area contributed by atoms with Gasteiger partial charge < -0.3 is 24.0 Å². The Hall–Kier alpha value is -3.36. The molecule has 1 aliphatic heterocycles. The Morgan fingerprint density at radius 2 is 1.76 bits per heavy atom. The van der Waals surface area contributed by atoms with Crippen LogP contribution in [0.15, 0.2) is 36.7 Å². The second-order valence-corrected chi connectivity index (χ2v) is 6.52. The summed E-state index contributed by atoms with van der Waals surface area (Å²) in [5.41, 5.74) is 1.02. The van der Waals surface area contributed by atoms with Crippen LogP contribution in [0, 0.1) is 6.92 Å². The molecule has 9 nitrogen and oxygen atoms in total. The fraction of sp³-hybridized carbons (Fsp3) is 0.400. The van der Waals surface area contributed by atoms with Crippen LogP contribution < -0.4 is 14.4 Å². The third kappa shape index (κ3) is 5.56. The third-order valence-electron chi connectivity index (χ3n) is 4.49. The monoisotopic (exact) mass is 400 g/mol. The van der Waals surface area contributed by atoms with Crippen molar-refractivity contribution in [3.8, 4) is 11.5 Å². The molecule has 9 heteroatoms. The number of amides is 1. The highest BCUT2D eigenvalue weighted by atomic mass is 16.6. The largest absolute Gasteiger partial charge is 0.493 e. The molecule has 3 rings (SSSR count). The van der Waals surface area contributed by atoms with Crippen LogP contribution in [-0.4, -0.2) is 73.2 Å². The van der Waals surface area contributed by atoms with Gasteiger partial charge in [0.15, 0.2) is 24.7 Å². The molecule has 2 heterocycles. The number of nitrogens with zero attached hydrogens (tertiary/aromatic N) is 4. The lowest BCUT2D eigenvalue weighted by Gasteiger charge is -2.34. The van der Waals surface area contributed by atoms with Gasteiger partial charge in [0.25, 0.3) is 5.91 Å². The van der Waals surface area contributed by atoms with Gasteiger partial charge in [-0.05, 0) is 30.7 Å². The number of piperazine rings is 1. The first kappa shape index (κ1) is 20.4. The molecule has 1 saturated heterocycles. The van der Waals surface area contributed by atoms with Crippen LogP contribution >= 0.6 is 0 Å². The predicted octanol–water partition coefficient (Wildman–Crippen LogP) is 1.06. The van der Waals surface area contributed by atoms with Crippen LogP contribution in [0.1, 0.15) is 5.56 Å². The minimum Gasteiger partial charge on any atom is -0.493 e. The highest BCUT2D eigenvalue weighted by Crippen LogP contribution is 2.27. The molecule has 0 bridgehead atoms. The summed E-state index contributed by atoms with van der Waals surface area (Å²) < 4.78 is 15.7. The molecule has 1 aromatic heterocycles. The number of benzene rings is 1. The van der Waals surface area contributed by atoms with Gasteiger partial charge in [0.1, 0.15) is 0 Å². The van der Waals surface area contributed by atoms with E-state index in [2.05, 4.69) is 9.97 Å². The summed E-state index contributed by atoms with van der Waals surface area (Å²) in [7, 11) is 1.53. The molecular weight excluding hydrogens is 376 g/mol. The molecular formula is C20H24N4O5. The zero-order chi connectivity index (χ0) is 20.6. The molecule has 1 aromatic carbocycles. The summed E-state index contributed by atoms with van der Waals surface area (Å²) in [4.78, 5) is 36.3. The van der Waals surface area contributed by atoms with E-state index in [0.29, 0.717) is 43.6 Å². The number of carbonyl (C=O) groups excluding carboxylic acids is 2. The quantitative estimate of drug-likeness (QED) is 0.637. The van der Waals surface area contributed by atoms with E-state index in [4.69, 9.17) is 14.2 Å². The molecule has 0 aliphatic carbocycles. The number of hydrogen-bond acceptors (Lipinski definition) is 8. The number of rotatable bonds is 7. The first-order valence-electron chi connectivity index (χ1n) is 9.29. The normalized spacial score (nSPS) is 13.7. The molecule has 0 spiro atoms. The molecule has 1 aliphatic rings. The van der Waals surface area contributed by atoms with Crippen LogP contribution in [0.5, 0.6) is 11.5 Å². The van der Waals surface area contributed by atoms with Crippen LogP contribution in [0.3, 0.4) is 0 Å². The van der Waals surface area contributed by atoms with Gasteiger partial charge >= 0.3 is 5.97 Å². The van der Waals surface area contributed by atoms with Crippen molar-refractivity contribution in [3.05, 3.63) is 42.2 Å². The minimum absolute atomic E-state index is 0.236. The van der Waals surface area contributed by atoms with Gasteiger partial charge in [-0.15, -0.1) is 0 Å². The minimum atomic E-state index is -0.614. The smallest absolute Gasteiger partial charge is 0.344 e. The number of esters is 1. The number of hydrogen-bond donors (Lipinski definition) is 0. The summed E-state index contributed by atoms with van der Waals surface area (Å²) in [5.74, 6) is 0.779. The Kier molecular flexibility index (Phi) is 6.83. The van der Waals surface area contributed by atoms with Crippen LogP contribution in [0.4, 0.5) is 5.95 Å². The van der Waals surface area contributed by atoms with Gasteiger partial charge in [-0.25, -0.2) is 14.8 Å². The zero-order valence-electron chi connectivity index (χ0n) is 16.5. The van der Waals surface area contributed by atoms with E-state index in [1.54, 1.807) is 29.4 Å². The van der Waals surface area contributed by atoms with Crippen molar-refractivity contribution in [3.63, 3.8) is 0 Å². The Labute approximate surface area is 169 Å². The van der Waals surface area contributed by atoms with Gasteiger partial charge in [0.2, 0.25) is 5.95 Å². The van der Waals surface area contributed by atoms with E-state index < -0.39 is 5.97 Å². The topological polar surface area (TPSA) is 94.1 Å². The maximum absolute atomic E-state index is 12.3.